The molecule has 0 saturated heterocycles. The second-order valence-electron chi connectivity index (χ2n) is 4.75. The van der Waals surface area contributed by atoms with E-state index in [1.165, 1.54) is 0 Å². The van der Waals surface area contributed by atoms with Crippen LogP contribution in [0.1, 0.15) is 6.42 Å². The molecular formula is C16H14ClN3OS. The van der Waals surface area contributed by atoms with Gasteiger partial charge in [0.05, 0.1) is 4.88 Å². The van der Waals surface area contributed by atoms with Crippen LogP contribution in [-0.4, -0.2) is 15.7 Å². The third-order valence-electron chi connectivity index (χ3n) is 3.11. The average molecular weight is 332 g/mol. The van der Waals surface area contributed by atoms with Gasteiger partial charge >= 0.3 is 0 Å². The van der Waals surface area contributed by atoms with Gasteiger partial charge in [-0.1, -0.05) is 17.7 Å². The quantitative estimate of drug-likeness (QED) is 0.758. The highest BCUT2D eigenvalue weighted by molar-refractivity contribution is 7.13. The smallest absolute Gasteiger partial charge is 0.226 e. The van der Waals surface area contributed by atoms with Crippen molar-refractivity contribution in [2.75, 3.05) is 5.32 Å². The van der Waals surface area contributed by atoms with Crippen molar-refractivity contribution >= 4 is 34.5 Å². The number of anilines is 1. The van der Waals surface area contributed by atoms with E-state index in [9.17, 15) is 4.79 Å². The van der Waals surface area contributed by atoms with Crippen molar-refractivity contribution in [1.29, 1.82) is 0 Å². The molecule has 0 saturated carbocycles. The molecule has 112 valence electrons. The molecule has 0 spiro atoms. The molecule has 1 amide bonds. The molecule has 0 aliphatic rings. The number of hydrogen-bond acceptors (Lipinski definition) is 3. The second kappa shape index (κ2) is 6.77. The molecule has 3 rings (SSSR count). The van der Waals surface area contributed by atoms with Gasteiger partial charge in [-0.2, -0.15) is 5.10 Å². The van der Waals surface area contributed by atoms with Crippen LogP contribution in [0.15, 0.2) is 54.0 Å². The molecule has 2 heterocycles. The van der Waals surface area contributed by atoms with E-state index in [1.807, 2.05) is 29.8 Å². The molecule has 0 fully saturated rings. The van der Waals surface area contributed by atoms with Gasteiger partial charge in [-0.15, -0.1) is 11.3 Å². The van der Waals surface area contributed by atoms with Gasteiger partial charge in [0.2, 0.25) is 5.91 Å². The van der Waals surface area contributed by atoms with Gasteiger partial charge < -0.3 is 5.32 Å². The Morgan fingerprint density at radius 1 is 1.23 bits per heavy atom. The Balaban J connectivity index is 1.54. The molecule has 0 bridgehead atoms. The minimum atomic E-state index is -0.0458. The van der Waals surface area contributed by atoms with Crippen molar-refractivity contribution in [3.8, 4) is 10.6 Å². The molecule has 2 aromatic heterocycles. The first-order valence-corrected chi connectivity index (χ1v) is 8.09. The van der Waals surface area contributed by atoms with Crippen LogP contribution in [0, 0.1) is 0 Å². The summed E-state index contributed by atoms with van der Waals surface area (Å²) < 4.78 is 1.79. The summed E-state index contributed by atoms with van der Waals surface area (Å²) in [6.45, 7) is 0.546. The highest BCUT2D eigenvalue weighted by Crippen LogP contribution is 2.22. The molecular weight excluding hydrogens is 318 g/mol. The number of thiophene rings is 1. The molecule has 4 nitrogen and oxygen atoms in total. The van der Waals surface area contributed by atoms with E-state index in [1.54, 1.807) is 40.3 Å². The number of nitrogens with one attached hydrogen (secondary N) is 1. The number of benzene rings is 1. The van der Waals surface area contributed by atoms with Crippen molar-refractivity contribution in [2.45, 2.75) is 13.0 Å². The first-order chi connectivity index (χ1) is 10.7. The average Bonchev–Trinajstić information content (AvgIpc) is 3.18. The molecule has 0 aliphatic carbocycles. The van der Waals surface area contributed by atoms with E-state index in [0.717, 1.165) is 16.3 Å². The number of hydrogen-bond donors (Lipinski definition) is 1. The third kappa shape index (κ3) is 3.75. The summed E-state index contributed by atoms with van der Waals surface area (Å²) in [6, 6.07) is 13.0. The number of rotatable bonds is 5. The fourth-order valence-corrected chi connectivity index (χ4v) is 2.83. The lowest BCUT2D eigenvalue weighted by Gasteiger charge is -2.05. The lowest BCUT2D eigenvalue weighted by Crippen LogP contribution is -2.14. The molecule has 1 aromatic carbocycles. The maximum absolute atomic E-state index is 11.9. The third-order valence-corrected chi connectivity index (χ3v) is 4.25. The van der Waals surface area contributed by atoms with Gasteiger partial charge in [-0.25, -0.2) is 0 Å². The van der Waals surface area contributed by atoms with Crippen LogP contribution in [0.5, 0.6) is 0 Å². The van der Waals surface area contributed by atoms with E-state index < -0.39 is 0 Å². The van der Waals surface area contributed by atoms with E-state index in [0.29, 0.717) is 18.0 Å². The summed E-state index contributed by atoms with van der Waals surface area (Å²) in [5.41, 5.74) is 1.68. The monoisotopic (exact) mass is 331 g/mol. The van der Waals surface area contributed by atoms with Crippen molar-refractivity contribution in [1.82, 2.24) is 9.78 Å². The molecule has 1 N–H and O–H groups in total. The zero-order valence-electron chi connectivity index (χ0n) is 11.7. The number of carbonyl (C=O) groups excluding carboxylic acids is 1. The number of aryl methyl sites for hydroxylation is 1. The molecule has 22 heavy (non-hydrogen) atoms. The highest BCUT2D eigenvalue weighted by Gasteiger charge is 2.06. The predicted octanol–water partition coefficient (Wildman–Crippen LogP) is 4.29. The van der Waals surface area contributed by atoms with Crippen LogP contribution < -0.4 is 5.32 Å². The lowest BCUT2D eigenvalue weighted by molar-refractivity contribution is -0.116. The molecule has 0 atom stereocenters. The fraction of sp³-hybridized carbons (Fsp3) is 0.125. The van der Waals surface area contributed by atoms with Gasteiger partial charge in [-0.05, 0) is 41.8 Å². The Kier molecular flexibility index (Phi) is 4.56. The first-order valence-electron chi connectivity index (χ1n) is 6.83. The minimum Gasteiger partial charge on any atom is -0.326 e. The van der Waals surface area contributed by atoms with Gasteiger partial charge in [0.15, 0.2) is 0 Å². The number of amides is 1. The molecule has 0 aliphatic heterocycles. The van der Waals surface area contributed by atoms with Gasteiger partial charge in [-0.3, -0.25) is 9.48 Å². The fourth-order valence-electron chi connectivity index (χ4n) is 2.01. The van der Waals surface area contributed by atoms with Gasteiger partial charge in [0.1, 0.15) is 5.69 Å². The van der Waals surface area contributed by atoms with Crippen molar-refractivity contribution in [3.05, 3.63) is 59.1 Å². The van der Waals surface area contributed by atoms with Crippen LogP contribution in [0.25, 0.3) is 10.6 Å². The summed E-state index contributed by atoms with van der Waals surface area (Å²) >= 11 is 7.46. The topological polar surface area (TPSA) is 46.9 Å². The van der Waals surface area contributed by atoms with E-state index >= 15 is 0 Å². The minimum absolute atomic E-state index is 0.0458. The summed E-state index contributed by atoms with van der Waals surface area (Å²) in [4.78, 5) is 13.1. The molecule has 6 heteroatoms. The Labute approximate surface area is 137 Å². The van der Waals surface area contributed by atoms with Crippen molar-refractivity contribution < 1.29 is 4.79 Å². The first kappa shape index (κ1) is 14.8. The van der Waals surface area contributed by atoms with Crippen molar-refractivity contribution in [2.24, 2.45) is 0 Å². The highest BCUT2D eigenvalue weighted by atomic mass is 35.5. The SMILES string of the molecule is O=C(CCn1ccc(-c2cccs2)n1)Nc1ccc(Cl)cc1. The van der Waals surface area contributed by atoms with Gasteiger partial charge in [0.25, 0.3) is 0 Å². The summed E-state index contributed by atoms with van der Waals surface area (Å²) in [6.07, 6.45) is 2.26. The summed E-state index contributed by atoms with van der Waals surface area (Å²) in [5, 5.41) is 9.98. The van der Waals surface area contributed by atoms with Crippen LogP contribution in [0.4, 0.5) is 5.69 Å². The van der Waals surface area contributed by atoms with Crippen LogP contribution >= 0.6 is 22.9 Å². The molecule has 0 radical (unpaired) electrons. The van der Waals surface area contributed by atoms with E-state index in [-0.39, 0.29) is 5.91 Å². The second-order valence-corrected chi connectivity index (χ2v) is 6.13. The zero-order valence-corrected chi connectivity index (χ0v) is 13.3. The van der Waals surface area contributed by atoms with E-state index in [4.69, 9.17) is 11.6 Å². The number of carbonyl (C=O) groups is 1. The predicted molar refractivity (Wildman–Crippen MR) is 90.2 cm³/mol. The van der Waals surface area contributed by atoms with E-state index in [2.05, 4.69) is 10.4 Å². The number of aromatic nitrogens is 2. The Morgan fingerprint density at radius 2 is 2.05 bits per heavy atom. The zero-order chi connectivity index (χ0) is 15.4. The van der Waals surface area contributed by atoms with Crippen LogP contribution in [0.3, 0.4) is 0 Å². The summed E-state index contributed by atoms with van der Waals surface area (Å²) in [7, 11) is 0. The Morgan fingerprint density at radius 3 is 2.77 bits per heavy atom. The largest absolute Gasteiger partial charge is 0.326 e. The standard InChI is InChI=1S/C16H14ClN3OS/c17-12-3-5-13(6-4-12)18-16(21)8-10-20-9-7-14(19-20)15-2-1-11-22-15/h1-7,9,11H,8,10H2,(H,18,21). The lowest BCUT2D eigenvalue weighted by atomic mass is 10.3. The van der Waals surface area contributed by atoms with Crippen molar-refractivity contribution in [3.63, 3.8) is 0 Å². The van der Waals surface area contributed by atoms with Crippen LogP contribution in [0.2, 0.25) is 5.02 Å². The number of nitrogens with zero attached hydrogens (tertiary/aromatic N) is 2. The molecule has 0 unspecified atom stereocenters. The summed E-state index contributed by atoms with van der Waals surface area (Å²) in [5.74, 6) is -0.0458. The Hall–Kier alpha value is -2.11. The molecule has 3 aromatic rings. The normalized spacial score (nSPS) is 10.6. The maximum Gasteiger partial charge on any atom is 0.226 e. The van der Waals surface area contributed by atoms with Crippen LogP contribution in [-0.2, 0) is 11.3 Å². The maximum atomic E-state index is 11.9. The Bertz CT molecular complexity index is 750. The number of halogens is 1. The van der Waals surface area contributed by atoms with Gasteiger partial charge in [0, 0.05) is 29.9 Å².